The third kappa shape index (κ3) is 3.86. The van der Waals surface area contributed by atoms with Crippen LogP contribution in [0.4, 0.5) is 5.69 Å². The summed E-state index contributed by atoms with van der Waals surface area (Å²) in [6, 6.07) is 17.6. The zero-order chi connectivity index (χ0) is 21.3. The number of amides is 1. The van der Waals surface area contributed by atoms with Gasteiger partial charge < -0.3 is 10.1 Å². The molecule has 2 aromatic carbocycles. The fraction of sp³-hybridized carbons (Fsp3) is 0.208. The van der Waals surface area contributed by atoms with Gasteiger partial charge in [0.25, 0.3) is 0 Å². The first kappa shape index (κ1) is 19.9. The van der Waals surface area contributed by atoms with Crippen molar-refractivity contribution >= 4 is 33.3 Å². The number of carbonyl (C=O) groups is 1. The van der Waals surface area contributed by atoms with E-state index in [9.17, 15) is 4.79 Å². The summed E-state index contributed by atoms with van der Waals surface area (Å²) >= 11 is 3.48. The predicted molar refractivity (Wildman–Crippen MR) is 123 cm³/mol. The largest absolute Gasteiger partial charge is 0.381 e. The minimum Gasteiger partial charge on any atom is -0.381 e. The van der Waals surface area contributed by atoms with E-state index in [2.05, 4.69) is 31.2 Å². The first-order chi connectivity index (χ1) is 15.1. The second kappa shape index (κ2) is 8.24. The van der Waals surface area contributed by atoms with Crippen LogP contribution in [0.2, 0.25) is 0 Å². The summed E-state index contributed by atoms with van der Waals surface area (Å²) in [5.41, 5.74) is 3.00. The van der Waals surface area contributed by atoms with Crippen molar-refractivity contribution in [1.82, 2.24) is 14.4 Å². The molecule has 0 unspecified atom stereocenters. The number of imidazole rings is 1. The Bertz CT molecular complexity index is 1180. The van der Waals surface area contributed by atoms with Crippen LogP contribution in [0.25, 0.3) is 17.0 Å². The number of halogens is 1. The Morgan fingerprint density at radius 2 is 1.81 bits per heavy atom. The SMILES string of the molecule is O=C(Nc1ccc(-c2cn3cccnc3n2)cc1)C1(c2ccc(Br)cc2)CCOCC1. The molecule has 4 aromatic rings. The normalized spacial score (nSPS) is 15.6. The number of nitrogens with one attached hydrogen (secondary N) is 1. The summed E-state index contributed by atoms with van der Waals surface area (Å²) in [7, 11) is 0. The molecule has 0 aliphatic carbocycles. The highest BCUT2D eigenvalue weighted by Gasteiger charge is 2.41. The summed E-state index contributed by atoms with van der Waals surface area (Å²) < 4.78 is 8.44. The Morgan fingerprint density at radius 3 is 2.52 bits per heavy atom. The maximum atomic E-state index is 13.4. The molecule has 156 valence electrons. The number of rotatable bonds is 4. The van der Waals surface area contributed by atoms with Crippen molar-refractivity contribution in [3.05, 3.63) is 83.2 Å². The maximum Gasteiger partial charge on any atom is 0.235 e. The number of carbonyl (C=O) groups excluding carboxylic acids is 1. The highest BCUT2D eigenvalue weighted by atomic mass is 79.9. The number of fused-ring (bicyclic) bond motifs is 1. The molecule has 1 amide bonds. The highest BCUT2D eigenvalue weighted by Crippen LogP contribution is 2.37. The van der Waals surface area contributed by atoms with Crippen molar-refractivity contribution in [3.63, 3.8) is 0 Å². The van der Waals surface area contributed by atoms with E-state index >= 15 is 0 Å². The minimum absolute atomic E-state index is 0.00259. The fourth-order valence-corrected chi connectivity index (χ4v) is 4.34. The van der Waals surface area contributed by atoms with Crippen LogP contribution in [0.3, 0.4) is 0 Å². The monoisotopic (exact) mass is 476 g/mol. The second-order valence-electron chi connectivity index (χ2n) is 7.69. The number of nitrogens with zero attached hydrogens (tertiary/aromatic N) is 3. The molecule has 0 spiro atoms. The third-order valence-corrected chi connectivity index (χ3v) is 6.38. The van der Waals surface area contributed by atoms with Crippen LogP contribution in [0.1, 0.15) is 18.4 Å². The van der Waals surface area contributed by atoms with E-state index in [1.807, 2.05) is 71.4 Å². The molecule has 1 aliphatic rings. The first-order valence-electron chi connectivity index (χ1n) is 10.2. The smallest absolute Gasteiger partial charge is 0.235 e. The van der Waals surface area contributed by atoms with E-state index in [0.29, 0.717) is 31.8 Å². The van der Waals surface area contributed by atoms with E-state index in [1.165, 1.54) is 0 Å². The van der Waals surface area contributed by atoms with E-state index in [-0.39, 0.29) is 5.91 Å². The minimum atomic E-state index is -0.592. The van der Waals surface area contributed by atoms with E-state index < -0.39 is 5.41 Å². The van der Waals surface area contributed by atoms with Crippen molar-refractivity contribution in [3.8, 4) is 11.3 Å². The lowest BCUT2D eigenvalue weighted by Gasteiger charge is -2.36. The highest BCUT2D eigenvalue weighted by molar-refractivity contribution is 9.10. The quantitative estimate of drug-likeness (QED) is 0.457. The summed E-state index contributed by atoms with van der Waals surface area (Å²) in [4.78, 5) is 22.3. The number of hydrogen-bond acceptors (Lipinski definition) is 4. The van der Waals surface area contributed by atoms with Gasteiger partial charge in [-0.05, 0) is 48.7 Å². The molecule has 5 rings (SSSR count). The molecule has 3 heterocycles. The van der Waals surface area contributed by atoms with Crippen LogP contribution in [-0.4, -0.2) is 33.5 Å². The topological polar surface area (TPSA) is 68.5 Å². The molecular weight excluding hydrogens is 456 g/mol. The van der Waals surface area contributed by atoms with Gasteiger partial charge in [-0.2, -0.15) is 0 Å². The van der Waals surface area contributed by atoms with Crippen LogP contribution in [0, 0.1) is 0 Å². The summed E-state index contributed by atoms with van der Waals surface area (Å²) in [5.74, 6) is 0.661. The molecular formula is C24H21BrN4O2. The van der Waals surface area contributed by atoms with Crippen LogP contribution < -0.4 is 5.32 Å². The molecule has 31 heavy (non-hydrogen) atoms. The van der Waals surface area contributed by atoms with Crippen molar-refractivity contribution < 1.29 is 9.53 Å². The predicted octanol–water partition coefficient (Wildman–Crippen LogP) is 4.85. The van der Waals surface area contributed by atoms with E-state index in [1.54, 1.807) is 6.20 Å². The summed E-state index contributed by atoms with van der Waals surface area (Å²) in [6.45, 7) is 1.15. The van der Waals surface area contributed by atoms with Crippen molar-refractivity contribution in [2.75, 3.05) is 18.5 Å². The van der Waals surface area contributed by atoms with Crippen molar-refractivity contribution in [1.29, 1.82) is 0 Å². The Hall–Kier alpha value is -3.03. The van der Waals surface area contributed by atoms with E-state index in [0.717, 1.165) is 27.0 Å². The van der Waals surface area contributed by atoms with Gasteiger partial charge in [0.2, 0.25) is 11.7 Å². The Morgan fingerprint density at radius 1 is 1.06 bits per heavy atom. The number of ether oxygens (including phenoxy) is 1. The van der Waals surface area contributed by atoms with Gasteiger partial charge in [0.1, 0.15) is 0 Å². The number of anilines is 1. The first-order valence-corrected chi connectivity index (χ1v) is 11.0. The number of aromatic nitrogens is 3. The van der Waals surface area contributed by atoms with Gasteiger partial charge in [-0.15, -0.1) is 0 Å². The molecule has 2 aromatic heterocycles. The summed E-state index contributed by atoms with van der Waals surface area (Å²) in [5, 5.41) is 3.13. The van der Waals surface area contributed by atoms with Crippen LogP contribution in [-0.2, 0) is 14.9 Å². The third-order valence-electron chi connectivity index (χ3n) is 5.85. The average Bonchev–Trinajstić information content (AvgIpc) is 3.25. The molecule has 1 N–H and O–H groups in total. The fourth-order valence-electron chi connectivity index (χ4n) is 4.08. The molecule has 7 heteroatoms. The van der Waals surface area contributed by atoms with Crippen LogP contribution >= 0.6 is 15.9 Å². The molecule has 0 bridgehead atoms. The molecule has 0 radical (unpaired) electrons. The maximum absolute atomic E-state index is 13.4. The van der Waals surface area contributed by atoms with Crippen molar-refractivity contribution in [2.45, 2.75) is 18.3 Å². The number of benzene rings is 2. The molecule has 0 saturated carbocycles. The Labute approximate surface area is 188 Å². The zero-order valence-corrected chi connectivity index (χ0v) is 18.4. The van der Waals surface area contributed by atoms with Gasteiger partial charge in [-0.25, -0.2) is 9.97 Å². The van der Waals surface area contributed by atoms with Gasteiger partial charge in [0.15, 0.2) is 0 Å². The Balaban J connectivity index is 1.39. The van der Waals surface area contributed by atoms with Gasteiger partial charge >= 0.3 is 0 Å². The zero-order valence-electron chi connectivity index (χ0n) is 16.8. The second-order valence-corrected chi connectivity index (χ2v) is 8.60. The standard InChI is InChI=1S/C24H21BrN4O2/c25-19-6-4-18(5-7-19)24(10-14-31-15-11-24)22(30)27-20-8-2-17(3-9-20)21-16-29-13-1-12-26-23(29)28-21/h1-9,12-13,16H,10-11,14-15H2,(H,27,30). The lowest BCUT2D eigenvalue weighted by atomic mass is 9.73. The lowest BCUT2D eigenvalue weighted by Crippen LogP contribution is -2.44. The van der Waals surface area contributed by atoms with Gasteiger partial charge in [-0.1, -0.05) is 40.2 Å². The summed E-state index contributed by atoms with van der Waals surface area (Å²) in [6.07, 6.45) is 6.91. The molecule has 1 fully saturated rings. The van der Waals surface area contributed by atoms with Crippen molar-refractivity contribution in [2.24, 2.45) is 0 Å². The molecule has 1 aliphatic heterocycles. The van der Waals surface area contributed by atoms with Gasteiger partial charge in [0, 0.05) is 47.5 Å². The van der Waals surface area contributed by atoms with Gasteiger partial charge in [0.05, 0.1) is 11.1 Å². The van der Waals surface area contributed by atoms with Crippen LogP contribution in [0.15, 0.2) is 77.7 Å². The molecule has 0 atom stereocenters. The Kier molecular flexibility index (Phi) is 5.29. The van der Waals surface area contributed by atoms with Crippen LogP contribution in [0.5, 0.6) is 0 Å². The molecule has 6 nitrogen and oxygen atoms in total. The van der Waals surface area contributed by atoms with Gasteiger partial charge in [-0.3, -0.25) is 9.20 Å². The lowest BCUT2D eigenvalue weighted by molar-refractivity contribution is -0.125. The number of hydrogen-bond donors (Lipinski definition) is 1. The molecule has 1 saturated heterocycles. The van der Waals surface area contributed by atoms with E-state index in [4.69, 9.17) is 4.74 Å². The average molecular weight is 477 g/mol.